The van der Waals surface area contributed by atoms with E-state index >= 15 is 0 Å². The van der Waals surface area contributed by atoms with Crippen LogP contribution in [-0.2, 0) is 16.6 Å². The second-order valence-corrected chi connectivity index (χ2v) is 9.66. The zero-order valence-corrected chi connectivity index (χ0v) is 20.3. The van der Waals surface area contributed by atoms with Crippen LogP contribution in [0.2, 0.25) is 0 Å². The van der Waals surface area contributed by atoms with E-state index in [2.05, 4.69) is 10.5 Å². The Morgan fingerprint density at radius 1 is 0.971 bits per heavy atom. The minimum atomic E-state index is -3.61. The number of benzene rings is 3. The normalized spacial score (nSPS) is 11.6. The molecule has 0 aliphatic rings. The van der Waals surface area contributed by atoms with E-state index < -0.39 is 15.9 Å². The summed E-state index contributed by atoms with van der Waals surface area (Å²) in [5.41, 5.74) is 5.31. The summed E-state index contributed by atoms with van der Waals surface area (Å²) in [6.07, 6.45) is 1.49. The van der Waals surface area contributed by atoms with Crippen LogP contribution in [0.25, 0.3) is 0 Å². The Kier molecular flexibility index (Phi) is 8.04. The summed E-state index contributed by atoms with van der Waals surface area (Å²) in [7, 11) is 1.02. The average molecular weight is 482 g/mol. The number of nitrogens with one attached hydrogen (secondary N) is 1. The van der Waals surface area contributed by atoms with E-state index in [9.17, 15) is 13.2 Å². The molecule has 9 heteroatoms. The van der Waals surface area contributed by atoms with Crippen LogP contribution in [0.5, 0.6) is 11.5 Å². The molecule has 0 aromatic heterocycles. The van der Waals surface area contributed by atoms with Gasteiger partial charge in [0.15, 0.2) is 0 Å². The van der Waals surface area contributed by atoms with Crippen molar-refractivity contribution in [1.29, 1.82) is 0 Å². The highest BCUT2D eigenvalue weighted by atomic mass is 32.2. The SMILES string of the molecule is COc1cc(C=NNC(=O)c2ccc(CN(C)S(=O)(=O)c3ccc(C)cc3)cc2)cc(OC)c1. The number of nitrogens with zero attached hydrogens (tertiary/aromatic N) is 2. The standard InChI is InChI=1S/C25H27N3O5S/c1-18-5-11-24(12-6-18)34(30,31)28(2)17-19-7-9-21(10-8-19)25(29)27-26-16-20-13-22(32-3)15-23(14-20)33-4/h5-16H,17H2,1-4H3,(H,27,29). The summed E-state index contributed by atoms with van der Waals surface area (Å²) in [5.74, 6) is 0.826. The van der Waals surface area contributed by atoms with Crippen molar-refractivity contribution in [2.24, 2.45) is 5.10 Å². The van der Waals surface area contributed by atoms with E-state index in [1.165, 1.54) is 17.6 Å². The van der Waals surface area contributed by atoms with Crippen molar-refractivity contribution >= 4 is 22.1 Å². The monoisotopic (exact) mass is 481 g/mol. The minimum absolute atomic E-state index is 0.175. The number of methoxy groups -OCH3 is 2. The summed E-state index contributed by atoms with van der Waals surface area (Å²) < 4.78 is 37.2. The number of carbonyl (C=O) groups is 1. The van der Waals surface area contributed by atoms with Crippen molar-refractivity contribution in [1.82, 2.24) is 9.73 Å². The van der Waals surface area contributed by atoms with Crippen molar-refractivity contribution in [3.05, 3.63) is 89.0 Å². The summed E-state index contributed by atoms with van der Waals surface area (Å²) in [5, 5.41) is 3.99. The molecule has 178 valence electrons. The molecule has 8 nitrogen and oxygen atoms in total. The van der Waals surface area contributed by atoms with Gasteiger partial charge >= 0.3 is 0 Å². The van der Waals surface area contributed by atoms with Crippen molar-refractivity contribution in [2.75, 3.05) is 21.3 Å². The van der Waals surface area contributed by atoms with Gasteiger partial charge in [0.1, 0.15) is 11.5 Å². The third-order valence-corrected chi connectivity index (χ3v) is 6.92. The molecule has 0 unspecified atom stereocenters. The predicted molar refractivity (Wildman–Crippen MR) is 131 cm³/mol. The molecule has 0 saturated heterocycles. The van der Waals surface area contributed by atoms with E-state index in [-0.39, 0.29) is 11.4 Å². The zero-order chi connectivity index (χ0) is 24.7. The first-order valence-electron chi connectivity index (χ1n) is 10.4. The molecule has 0 heterocycles. The molecule has 3 rings (SSSR count). The number of hydrogen-bond acceptors (Lipinski definition) is 6. The van der Waals surface area contributed by atoms with Gasteiger partial charge in [-0.15, -0.1) is 0 Å². The number of rotatable bonds is 9. The van der Waals surface area contributed by atoms with Gasteiger partial charge in [0, 0.05) is 30.8 Å². The summed E-state index contributed by atoms with van der Waals surface area (Å²) >= 11 is 0. The minimum Gasteiger partial charge on any atom is -0.497 e. The maximum atomic E-state index is 12.8. The Morgan fingerprint density at radius 3 is 2.12 bits per heavy atom. The van der Waals surface area contributed by atoms with E-state index in [0.29, 0.717) is 22.6 Å². The number of hydrogen-bond donors (Lipinski definition) is 1. The van der Waals surface area contributed by atoms with Gasteiger partial charge in [0.25, 0.3) is 5.91 Å². The van der Waals surface area contributed by atoms with Crippen LogP contribution in [0.1, 0.15) is 27.0 Å². The highest BCUT2D eigenvalue weighted by Crippen LogP contribution is 2.21. The van der Waals surface area contributed by atoms with Gasteiger partial charge in [-0.2, -0.15) is 9.41 Å². The molecule has 0 fully saturated rings. The summed E-state index contributed by atoms with van der Waals surface area (Å²) in [6, 6.07) is 18.7. The average Bonchev–Trinajstić information content (AvgIpc) is 2.84. The van der Waals surface area contributed by atoms with E-state index in [0.717, 1.165) is 11.1 Å². The first-order valence-corrected chi connectivity index (χ1v) is 11.9. The predicted octanol–water partition coefficient (Wildman–Crippen LogP) is 3.60. The van der Waals surface area contributed by atoms with Gasteiger partial charge in [-0.25, -0.2) is 13.8 Å². The Bertz CT molecular complexity index is 1250. The number of carbonyl (C=O) groups excluding carboxylic acids is 1. The van der Waals surface area contributed by atoms with Gasteiger partial charge in [-0.1, -0.05) is 29.8 Å². The fourth-order valence-corrected chi connectivity index (χ4v) is 4.29. The molecule has 1 N–H and O–H groups in total. The number of ether oxygens (including phenoxy) is 2. The lowest BCUT2D eigenvalue weighted by molar-refractivity contribution is 0.0955. The number of sulfonamides is 1. The Hall–Kier alpha value is -3.69. The summed E-state index contributed by atoms with van der Waals surface area (Å²) in [6.45, 7) is 2.08. The highest BCUT2D eigenvalue weighted by molar-refractivity contribution is 7.89. The van der Waals surface area contributed by atoms with Crippen LogP contribution in [0.4, 0.5) is 0 Å². The van der Waals surface area contributed by atoms with Crippen molar-refractivity contribution in [2.45, 2.75) is 18.4 Å². The zero-order valence-electron chi connectivity index (χ0n) is 19.5. The van der Waals surface area contributed by atoms with Crippen LogP contribution in [-0.4, -0.2) is 46.1 Å². The molecular formula is C25H27N3O5S. The van der Waals surface area contributed by atoms with Crippen LogP contribution >= 0.6 is 0 Å². The first kappa shape index (κ1) is 24.9. The third kappa shape index (κ3) is 6.21. The molecule has 0 aliphatic heterocycles. The lowest BCUT2D eigenvalue weighted by Crippen LogP contribution is -2.26. The van der Waals surface area contributed by atoms with Gasteiger partial charge < -0.3 is 9.47 Å². The molecule has 0 atom stereocenters. The van der Waals surface area contributed by atoms with E-state index in [1.807, 2.05) is 6.92 Å². The fraction of sp³-hybridized carbons (Fsp3) is 0.200. The molecule has 34 heavy (non-hydrogen) atoms. The van der Waals surface area contributed by atoms with E-state index in [1.54, 1.807) is 80.9 Å². The molecule has 3 aromatic rings. The number of aryl methyl sites for hydroxylation is 1. The van der Waals surface area contributed by atoms with Crippen LogP contribution < -0.4 is 14.9 Å². The van der Waals surface area contributed by atoms with Crippen molar-refractivity contribution in [3.8, 4) is 11.5 Å². The Labute approximate surface area is 199 Å². The maximum Gasteiger partial charge on any atom is 0.271 e. The number of amides is 1. The Morgan fingerprint density at radius 2 is 1.56 bits per heavy atom. The second-order valence-electron chi connectivity index (χ2n) is 7.62. The first-order chi connectivity index (χ1) is 16.2. The second kappa shape index (κ2) is 11.0. The fourth-order valence-electron chi connectivity index (χ4n) is 3.13. The van der Waals surface area contributed by atoms with E-state index in [4.69, 9.17) is 9.47 Å². The molecule has 3 aromatic carbocycles. The Balaban J connectivity index is 1.62. The molecule has 0 saturated carbocycles. The topological polar surface area (TPSA) is 97.3 Å². The lowest BCUT2D eigenvalue weighted by atomic mass is 10.1. The maximum absolute atomic E-state index is 12.8. The van der Waals surface area contributed by atoms with Gasteiger partial charge in [0.2, 0.25) is 10.0 Å². The third-order valence-electron chi connectivity index (χ3n) is 5.10. The highest BCUT2D eigenvalue weighted by Gasteiger charge is 2.20. The largest absolute Gasteiger partial charge is 0.497 e. The molecule has 0 radical (unpaired) electrons. The lowest BCUT2D eigenvalue weighted by Gasteiger charge is -2.17. The molecular weight excluding hydrogens is 454 g/mol. The molecule has 0 bridgehead atoms. The van der Waals surface area contributed by atoms with Crippen LogP contribution in [0.3, 0.4) is 0 Å². The van der Waals surface area contributed by atoms with Crippen molar-refractivity contribution < 1.29 is 22.7 Å². The van der Waals surface area contributed by atoms with Crippen LogP contribution in [0, 0.1) is 6.92 Å². The molecule has 1 amide bonds. The number of hydrazone groups is 1. The molecule has 0 aliphatic carbocycles. The van der Waals surface area contributed by atoms with Crippen LogP contribution in [0.15, 0.2) is 76.7 Å². The van der Waals surface area contributed by atoms with Gasteiger partial charge in [-0.05, 0) is 48.9 Å². The quantitative estimate of drug-likeness (QED) is 0.372. The van der Waals surface area contributed by atoms with Crippen molar-refractivity contribution in [3.63, 3.8) is 0 Å². The smallest absolute Gasteiger partial charge is 0.271 e. The summed E-state index contributed by atoms with van der Waals surface area (Å²) in [4.78, 5) is 12.6. The van der Waals surface area contributed by atoms with Gasteiger partial charge in [-0.3, -0.25) is 4.79 Å². The van der Waals surface area contributed by atoms with Gasteiger partial charge in [0.05, 0.1) is 25.3 Å². The molecule has 0 spiro atoms.